The molecule has 1 aliphatic heterocycles. The molecule has 1 aromatic rings. The zero-order valence-electron chi connectivity index (χ0n) is 7.50. The minimum absolute atomic E-state index is 0.779. The first-order valence-electron chi connectivity index (χ1n) is 4.30. The molecule has 2 rings (SSSR count). The van der Waals surface area contributed by atoms with Crippen molar-refractivity contribution in [3.8, 4) is 0 Å². The molecule has 0 N–H and O–H groups in total. The van der Waals surface area contributed by atoms with Gasteiger partial charge in [-0.15, -0.1) is 0 Å². The topological polar surface area (TPSA) is 15.6 Å². The number of nitrogens with zero attached hydrogens (tertiary/aromatic N) is 2. The first-order chi connectivity index (χ1) is 6.27. The SMILES string of the molecule is Cc1ccc(Cl)cc1N1C=NCC1. The van der Waals surface area contributed by atoms with Gasteiger partial charge in [-0.25, -0.2) is 0 Å². The maximum Gasteiger partial charge on any atom is 0.0895 e. The second-order valence-corrected chi connectivity index (χ2v) is 3.58. The van der Waals surface area contributed by atoms with E-state index in [-0.39, 0.29) is 0 Å². The van der Waals surface area contributed by atoms with Gasteiger partial charge in [-0.1, -0.05) is 17.7 Å². The predicted octanol–water partition coefficient (Wildman–Crippen LogP) is 2.50. The predicted molar refractivity (Wildman–Crippen MR) is 56.9 cm³/mol. The van der Waals surface area contributed by atoms with Crippen LogP contribution in [0.25, 0.3) is 0 Å². The Morgan fingerprint density at radius 1 is 1.46 bits per heavy atom. The molecule has 3 heteroatoms. The van der Waals surface area contributed by atoms with Crippen molar-refractivity contribution in [2.75, 3.05) is 18.0 Å². The molecule has 0 bridgehead atoms. The van der Waals surface area contributed by atoms with Crippen LogP contribution in [-0.4, -0.2) is 19.4 Å². The van der Waals surface area contributed by atoms with Crippen molar-refractivity contribution in [1.82, 2.24) is 0 Å². The average molecular weight is 195 g/mol. The number of aliphatic imine (C=N–C) groups is 1. The lowest BCUT2D eigenvalue weighted by Crippen LogP contribution is -2.19. The first-order valence-corrected chi connectivity index (χ1v) is 4.68. The fourth-order valence-electron chi connectivity index (χ4n) is 1.45. The summed E-state index contributed by atoms with van der Waals surface area (Å²) in [5.41, 5.74) is 2.39. The second-order valence-electron chi connectivity index (χ2n) is 3.15. The third-order valence-corrected chi connectivity index (χ3v) is 2.41. The van der Waals surface area contributed by atoms with Gasteiger partial charge in [0.05, 0.1) is 12.9 Å². The van der Waals surface area contributed by atoms with Crippen molar-refractivity contribution >= 4 is 23.6 Å². The van der Waals surface area contributed by atoms with Crippen molar-refractivity contribution in [3.63, 3.8) is 0 Å². The molecule has 68 valence electrons. The lowest BCUT2D eigenvalue weighted by molar-refractivity contribution is 1.02. The van der Waals surface area contributed by atoms with Crippen LogP contribution in [0.5, 0.6) is 0 Å². The number of aryl methyl sites for hydroxylation is 1. The Kier molecular flexibility index (Phi) is 2.23. The zero-order valence-corrected chi connectivity index (χ0v) is 8.25. The van der Waals surface area contributed by atoms with Crippen molar-refractivity contribution in [2.24, 2.45) is 4.99 Å². The molecular formula is C10H11ClN2. The Morgan fingerprint density at radius 2 is 2.31 bits per heavy atom. The lowest BCUT2D eigenvalue weighted by atomic mass is 10.2. The summed E-state index contributed by atoms with van der Waals surface area (Å²) >= 11 is 5.92. The Balaban J connectivity index is 2.37. The minimum atomic E-state index is 0.779. The van der Waals surface area contributed by atoms with Gasteiger partial charge in [-0.2, -0.15) is 0 Å². The maximum atomic E-state index is 5.92. The summed E-state index contributed by atoms with van der Waals surface area (Å²) in [6, 6.07) is 5.92. The largest absolute Gasteiger partial charge is 0.331 e. The fourth-order valence-corrected chi connectivity index (χ4v) is 1.62. The zero-order chi connectivity index (χ0) is 9.26. The molecular weight excluding hydrogens is 184 g/mol. The highest BCUT2D eigenvalue weighted by Gasteiger charge is 2.10. The molecule has 13 heavy (non-hydrogen) atoms. The van der Waals surface area contributed by atoms with Crippen molar-refractivity contribution in [2.45, 2.75) is 6.92 Å². The third-order valence-electron chi connectivity index (χ3n) is 2.17. The van der Waals surface area contributed by atoms with Crippen molar-refractivity contribution in [1.29, 1.82) is 0 Å². The molecule has 0 aromatic heterocycles. The summed E-state index contributed by atoms with van der Waals surface area (Å²) in [4.78, 5) is 6.30. The van der Waals surface area contributed by atoms with Crippen LogP contribution in [0.2, 0.25) is 5.02 Å². The molecule has 0 aliphatic carbocycles. The summed E-state index contributed by atoms with van der Waals surface area (Å²) in [7, 11) is 0. The summed E-state index contributed by atoms with van der Waals surface area (Å²) in [5.74, 6) is 0. The number of rotatable bonds is 1. The molecule has 0 amide bonds. The summed E-state index contributed by atoms with van der Waals surface area (Å²) in [6.45, 7) is 3.92. The van der Waals surface area contributed by atoms with E-state index in [4.69, 9.17) is 11.6 Å². The van der Waals surface area contributed by atoms with Crippen LogP contribution < -0.4 is 4.90 Å². The Hall–Kier alpha value is -1.02. The second kappa shape index (κ2) is 3.38. The molecule has 0 saturated heterocycles. The highest BCUT2D eigenvalue weighted by Crippen LogP contribution is 2.24. The molecule has 0 atom stereocenters. The van der Waals surface area contributed by atoms with E-state index < -0.39 is 0 Å². The van der Waals surface area contributed by atoms with Gasteiger partial charge in [0.15, 0.2) is 0 Å². The molecule has 1 heterocycles. The standard InChI is InChI=1S/C10H11ClN2/c1-8-2-3-9(11)6-10(8)13-5-4-12-7-13/h2-3,6-7H,4-5H2,1H3. The molecule has 0 unspecified atom stereocenters. The number of hydrogen-bond acceptors (Lipinski definition) is 2. The molecule has 1 aromatic carbocycles. The van der Waals surface area contributed by atoms with Gasteiger partial charge in [0.25, 0.3) is 0 Å². The molecule has 1 aliphatic rings. The van der Waals surface area contributed by atoms with Gasteiger partial charge in [-0.05, 0) is 24.6 Å². The van der Waals surface area contributed by atoms with Gasteiger partial charge in [0, 0.05) is 17.3 Å². The van der Waals surface area contributed by atoms with E-state index >= 15 is 0 Å². The van der Waals surface area contributed by atoms with Crippen molar-refractivity contribution < 1.29 is 0 Å². The van der Waals surface area contributed by atoms with E-state index in [0.717, 1.165) is 23.8 Å². The van der Waals surface area contributed by atoms with Crippen LogP contribution in [0.1, 0.15) is 5.56 Å². The van der Waals surface area contributed by atoms with Gasteiger partial charge in [-0.3, -0.25) is 4.99 Å². The third kappa shape index (κ3) is 1.68. The van der Waals surface area contributed by atoms with Crippen LogP contribution in [0.3, 0.4) is 0 Å². The Labute approximate surface area is 82.8 Å². The van der Waals surface area contributed by atoms with E-state index in [2.05, 4.69) is 16.8 Å². The number of hydrogen-bond donors (Lipinski definition) is 0. The summed E-state index contributed by atoms with van der Waals surface area (Å²) < 4.78 is 0. The van der Waals surface area contributed by atoms with Crippen molar-refractivity contribution in [3.05, 3.63) is 28.8 Å². The fraction of sp³-hybridized carbons (Fsp3) is 0.300. The quantitative estimate of drug-likeness (QED) is 0.671. The average Bonchev–Trinajstić information content (AvgIpc) is 2.61. The van der Waals surface area contributed by atoms with Gasteiger partial charge in [0.1, 0.15) is 0 Å². The Bertz CT molecular complexity index is 347. The number of benzene rings is 1. The van der Waals surface area contributed by atoms with E-state index in [0.29, 0.717) is 0 Å². The summed E-state index contributed by atoms with van der Waals surface area (Å²) in [6.07, 6.45) is 1.87. The van der Waals surface area contributed by atoms with Crippen LogP contribution >= 0.6 is 11.6 Å². The normalized spacial score (nSPS) is 15.4. The minimum Gasteiger partial charge on any atom is -0.331 e. The Morgan fingerprint density at radius 3 is 3.00 bits per heavy atom. The van der Waals surface area contributed by atoms with E-state index in [1.54, 1.807) is 0 Å². The van der Waals surface area contributed by atoms with Gasteiger partial charge >= 0.3 is 0 Å². The molecule has 0 fully saturated rings. The lowest BCUT2D eigenvalue weighted by Gasteiger charge is -2.16. The molecule has 2 nitrogen and oxygen atoms in total. The molecule has 0 spiro atoms. The summed E-state index contributed by atoms with van der Waals surface area (Å²) in [5, 5.41) is 0.779. The monoisotopic (exact) mass is 194 g/mol. The van der Waals surface area contributed by atoms with Gasteiger partial charge < -0.3 is 4.90 Å². The van der Waals surface area contributed by atoms with Crippen LogP contribution in [-0.2, 0) is 0 Å². The highest BCUT2D eigenvalue weighted by molar-refractivity contribution is 6.31. The maximum absolute atomic E-state index is 5.92. The van der Waals surface area contributed by atoms with Gasteiger partial charge in [0.2, 0.25) is 0 Å². The number of halogens is 1. The number of anilines is 1. The smallest absolute Gasteiger partial charge is 0.0895 e. The highest BCUT2D eigenvalue weighted by atomic mass is 35.5. The molecule has 0 radical (unpaired) electrons. The van der Waals surface area contributed by atoms with Crippen LogP contribution in [0, 0.1) is 6.92 Å². The molecule has 0 saturated carbocycles. The van der Waals surface area contributed by atoms with Crippen LogP contribution in [0.4, 0.5) is 5.69 Å². The van der Waals surface area contributed by atoms with E-state index in [1.807, 2.05) is 24.5 Å². The first kappa shape index (κ1) is 8.57. The van der Waals surface area contributed by atoms with Crippen LogP contribution in [0.15, 0.2) is 23.2 Å². The van der Waals surface area contributed by atoms with E-state index in [1.165, 1.54) is 5.56 Å². The van der Waals surface area contributed by atoms with E-state index in [9.17, 15) is 0 Å².